The molecule has 0 saturated carbocycles. The molecule has 0 spiro atoms. The van der Waals surface area contributed by atoms with Crippen LogP contribution in [0.3, 0.4) is 0 Å². The summed E-state index contributed by atoms with van der Waals surface area (Å²) in [6, 6.07) is 3.39. The lowest BCUT2D eigenvalue weighted by molar-refractivity contribution is -0.142. The van der Waals surface area contributed by atoms with Crippen molar-refractivity contribution in [3.63, 3.8) is 0 Å². The molecule has 0 unspecified atom stereocenters. The van der Waals surface area contributed by atoms with Gasteiger partial charge in [-0.05, 0) is 39.2 Å². The Kier molecular flexibility index (Phi) is 8.12. The maximum absolute atomic E-state index is 15.5. The first-order valence-electron chi connectivity index (χ1n) is 12.3. The van der Waals surface area contributed by atoms with Crippen LogP contribution in [0.15, 0.2) is 29.2 Å². The summed E-state index contributed by atoms with van der Waals surface area (Å²) in [5.41, 5.74) is 5.01. The number of nitrogens with zero attached hydrogens (tertiary/aromatic N) is 3. The number of nitrogens with two attached hydrogens (primary N) is 1. The molecule has 39 heavy (non-hydrogen) atoms. The number of rotatable bonds is 8. The van der Waals surface area contributed by atoms with Gasteiger partial charge < -0.3 is 29.6 Å². The molecule has 0 amide bonds. The van der Waals surface area contributed by atoms with Gasteiger partial charge in [-0.15, -0.1) is 0 Å². The van der Waals surface area contributed by atoms with Gasteiger partial charge in [-0.2, -0.15) is 0 Å². The van der Waals surface area contributed by atoms with Crippen molar-refractivity contribution in [2.75, 3.05) is 51.0 Å². The monoisotopic (exact) mass is 562 g/mol. The predicted octanol–water partition coefficient (Wildman–Crippen LogP) is 3.74. The number of nitrogen functional groups attached to an aromatic ring is 1. The number of anilines is 2. The molecule has 12 heteroatoms. The Balaban J connectivity index is 2.00. The fourth-order valence-electron chi connectivity index (χ4n) is 4.76. The zero-order valence-electron chi connectivity index (χ0n) is 22.0. The number of carbonyl (C=O) groups excluding carboxylic acids is 2. The Hall–Kier alpha value is -3.70. The average molecular weight is 563 g/mol. The highest BCUT2D eigenvalue weighted by molar-refractivity contribution is 6.38. The zero-order chi connectivity index (χ0) is 28.6. The van der Waals surface area contributed by atoms with Gasteiger partial charge in [0.1, 0.15) is 23.8 Å². The maximum atomic E-state index is 15.5. The third kappa shape index (κ3) is 5.55. The number of hydrogen-bond acceptors (Lipinski definition) is 8. The number of ether oxygens (including phenoxy) is 2. The minimum Gasteiger partial charge on any atom is -0.462 e. The number of halogens is 3. The van der Waals surface area contributed by atoms with Crippen LogP contribution < -0.4 is 16.1 Å². The van der Waals surface area contributed by atoms with Crippen LogP contribution in [0, 0.1) is 17.6 Å². The average Bonchev–Trinajstić information content (AvgIpc) is 2.83. The summed E-state index contributed by atoms with van der Waals surface area (Å²) in [6.07, 6.45) is 1.20. The lowest BCUT2D eigenvalue weighted by atomic mass is 9.98. The van der Waals surface area contributed by atoms with Crippen LogP contribution in [0.25, 0.3) is 16.6 Å². The molecule has 1 saturated heterocycles. The Bertz CT molecular complexity index is 1520. The number of carbonyl (C=O) groups is 2. The van der Waals surface area contributed by atoms with E-state index in [1.165, 1.54) is 23.8 Å². The van der Waals surface area contributed by atoms with E-state index < -0.39 is 29.0 Å². The lowest BCUT2D eigenvalue weighted by Gasteiger charge is -2.42. The zero-order valence-corrected chi connectivity index (χ0v) is 22.8. The molecule has 0 aliphatic carbocycles. The van der Waals surface area contributed by atoms with Crippen LogP contribution in [-0.2, 0) is 20.9 Å². The van der Waals surface area contributed by atoms with Crippen molar-refractivity contribution in [1.29, 1.82) is 0 Å². The topological polar surface area (TPSA) is 107 Å². The summed E-state index contributed by atoms with van der Waals surface area (Å²) in [7, 11) is 3.90. The van der Waals surface area contributed by atoms with Crippen molar-refractivity contribution in [3.8, 4) is 5.69 Å². The largest absolute Gasteiger partial charge is 0.462 e. The van der Waals surface area contributed by atoms with Gasteiger partial charge in [0.2, 0.25) is 5.43 Å². The van der Waals surface area contributed by atoms with Crippen LogP contribution in [0.2, 0.25) is 5.02 Å². The van der Waals surface area contributed by atoms with E-state index in [-0.39, 0.29) is 57.3 Å². The molecule has 4 rings (SSSR count). The molecular formula is C27H29ClF2N4O5. The fraction of sp³-hybridized carbons (Fsp3) is 0.370. The smallest absolute Gasteiger partial charge is 0.343 e. The van der Waals surface area contributed by atoms with Crippen LogP contribution >= 0.6 is 11.6 Å². The van der Waals surface area contributed by atoms with Crippen molar-refractivity contribution in [1.82, 2.24) is 9.47 Å². The highest BCUT2D eigenvalue weighted by Gasteiger charge is 2.33. The molecule has 0 atom stereocenters. The predicted molar refractivity (Wildman–Crippen MR) is 145 cm³/mol. The standard InChI is InChI=1S/C27H29ClF2N4O5/c1-5-38-27(37)18-12-34(22-8-21(31)19(29)6-16(22)13-39-14(2)35)24-17(26(18)36)7-20(30)25(23(24)28)33-10-15(11-33)9-32(3)4/h6-8,12,15H,5,9-11,13,31H2,1-4H3. The number of hydrogen-bond donors (Lipinski definition) is 1. The Morgan fingerprint density at radius 1 is 1.15 bits per heavy atom. The molecule has 208 valence electrons. The summed E-state index contributed by atoms with van der Waals surface area (Å²) in [6.45, 7) is 4.34. The van der Waals surface area contributed by atoms with Crippen molar-refractivity contribution >= 4 is 45.8 Å². The van der Waals surface area contributed by atoms with Crippen molar-refractivity contribution < 1.29 is 27.8 Å². The van der Waals surface area contributed by atoms with Gasteiger partial charge in [0, 0.05) is 44.2 Å². The molecule has 1 aromatic heterocycles. The van der Waals surface area contributed by atoms with E-state index in [1.807, 2.05) is 19.0 Å². The number of esters is 2. The van der Waals surface area contributed by atoms with Gasteiger partial charge in [-0.25, -0.2) is 13.6 Å². The number of benzene rings is 2. The Morgan fingerprint density at radius 3 is 2.46 bits per heavy atom. The molecule has 2 heterocycles. The van der Waals surface area contributed by atoms with Gasteiger partial charge in [-0.3, -0.25) is 9.59 Å². The van der Waals surface area contributed by atoms with Crippen molar-refractivity contribution in [2.24, 2.45) is 5.92 Å². The normalized spacial score (nSPS) is 13.6. The molecule has 3 aromatic rings. The minimum atomic E-state index is -0.926. The van der Waals surface area contributed by atoms with E-state index >= 15 is 4.39 Å². The van der Waals surface area contributed by atoms with Gasteiger partial charge in [-0.1, -0.05) is 11.6 Å². The van der Waals surface area contributed by atoms with Gasteiger partial charge in [0.05, 0.1) is 39.6 Å². The summed E-state index contributed by atoms with van der Waals surface area (Å²) in [5.74, 6) is -2.72. The van der Waals surface area contributed by atoms with Gasteiger partial charge in [0.25, 0.3) is 0 Å². The molecule has 0 radical (unpaired) electrons. The van der Waals surface area contributed by atoms with E-state index in [2.05, 4.69) is 0 Å². The third-order valence-electron chi connectivity index (χ3n) is 6.44. The lowest BCUT2D eigenvalue weighted by Crippen LogP contribution is -2.51. The first kappa shape index (κ1) is 28.3. The Labute approximate surface area is 228 Å². The van der Waals surface area contributed by atoms with Gasteiger partial charge in [0.15, 0.2) is 0 Å². The van der Waals surface area contributed by atoms with Crippen LogP contribution in [0.4, 0.5) is 20.2 Å². The van der Waals surface area contributed by atoms with E-state index in [0.717, 1.165) is 18.7 Å². The summed E-state index contributed by atoms with van der Waals surface area (Å²) in [5, 5.41) is -0.249. The molecule has 9 nitrogen and oxygen atoms in total. The van der Waals surface area contributed by atoms with Crippen molar-refractivity contribution in [2.45, 2.75) is 20.5 Å². The molecule has 1 aliphatic rings. The third-order valence-corrected chi connectivity index (χ3v) is 6.80. The second kappa shape index (κ2) is 11.2. The van der Waals surface area contributed by atoms with Gasteiger partial charge >= 0.3 is 11.9 Å². The molecule has 1 aliphatic heterocycles. The van der Waals surface area contributed by atoms with E-state index in [0.29, 0.717) is 19.0 Å². The minimum absolute atomic E-state index is 0.00532. The summed E-state index contributed by atoms with van der Waals surface area (Å²) < 4.78 is 41.5. The molecule has 1 fully saturated rings. The first-order chi connectivity index (χ1) is 18.4. The quantitative estimate of drug-likeness (QED) is 0.327. The highest BCUT2D eigenvalue weighted by atomic mass is 35.5. The number of fused-ring (bicyclic) bond motifs is 1. The van der Waals surface area contributed by atoms with E-state index in [9.17, 15) is 18.8 Å². The molecular weight excluding hydrogens is 534 g/mol. The fourth-order valence-corrected chi connectivity index (χ4v) is 5.16. The van der Waals surface area contributed by atoms with Crippen LogP contribution in [0.1, 0.15) is 29.8 Å². The molecule has 0 bridgehead atoms. The SMILES string of the molecule is CCOC(=O)c1cn(-c2cc(N)c(F)cc2COC(C)=O)c2c(Cl)c(N3CC(CN(C)C)C3)c(F)cc2c1=O. The second-order valence-electron chi connectivity index (χ2n) is 9.70. The maximum Gasteiger partial charge on any atom is 0.343 e. The van der Waals surface area contributed by atoms with E-state index in [4.69, 9.17) is 26.8 Å². The highest BCUT2D eigenvalue weighted by Crippen LogP contribution is 2.40. The molecule has 2 N–H and O–H groups in total. The van der Waals surface area contributed by atoms with Crippen LogP contribution in [-0.4, -0.2) is 61.7 Å². The van der Waals surface area contributed by atoms with Crippen molar-refractivity contribution in [3.05, 3.63) is 62.4 Å². The number of aromatic nitrogens is 1. The summed E-state index contributed by atoms with van der Waals surface area (Å²) in [4.78, 5) is 41.4. The Morgan fingerprint density at radius 2 is 1.85 bits per heavy atom. The summed E-state index contributed by atoms with van der Waals surface area (Å²) >= 11 is 6.82. The molecule has 2 aromatic carbocycles. The van der Waals surface area contributed by atoms with Crippen LogP contribution in [0.5, 0.6) is 0 Å². The number of pyridine rings is 1. The second-order valence-corrected chi connectivity index (χ2v) is 10.1. The first-order valence-corrected chi connectivity index (χ1v) is 12.7. The van der Waals surface area contributed by atoms with E-state index in [1.54, 1.807) is 11.8 Å².